The average molecular weight is 355 g/mol. The molecule has 138 valence electrons. The lowest BCUT2D eigenvalue weighted by Crippen LogP contribution is -2.47. The van der Waals surface area contributed by atoms with Crippen molar-refractivity contribution in [2.45, 2.75) is 45.3 Å². The van der Waals surface area contributed by atoms with Crippen molar-refractivity contribution in [1.29, 1.82) is 0 Å². The molecule has 0 bridgehead atoms. The summed E-state index contributed by atoms with van der Waals surface area (Å²) in [6.07, 6.45) is 0.460. The summed E-state index contributed by atoms with van der Waals surface area (Å²) in [5.74, 6) is 0.788. The number of carbonyl (C=O) groups is 2. The maximum Gasteiger partial charge on any atom is 0.258 e. The van der Waals surface area contributed by atoms with E-state index in [1.165, 1.54) is 0 Å². The number of nitrogens with two attached hydrogens (primary N) is 1. The predicted molar refractivity (Wildman–Crippen MR) is 99.6 cm³/mol. The number of hydrogen-bond acceptors (Lipinski definition) is 4. The molecule has 3 rings (SSSR count). The third-order valence-corrected chi connectivity index (χ3v) is 4.45. The molecule has 1 aromatic heterocycles. The SMILES string of the molecule is Cc1cc(C(=O)N2C[C@H](N)C[C@H]2C(=O)NC(C)C)c(-c2ccccc2)o1. The number of nitrogens with zero attached hydrogens (tertiary/aromatic N) is 1. The Kier molecular flexibility index (Phi) is 5.13. The second-order valence-electron chi connectivity index (χ2n) is 7.10. The minimum atomic E-state index is -0.557. The van der Waals surface area contributed by atoms with Gasteiger partial charge in [-0.3, -0.25) is 9.59 Å². The maximum absolute atomic E-state index is 13.2. The lowest BCUT2D eigenvalue weighted by molar-refractivity contribution is -0.125. The average Bonchev–Trinajstić information content (AvgIpc) is 3.17. The monoisotopic (exact) mass is 355 g/mol. The molecular formula is C20H25N3O3. The van der Waals surface area contributed by atoms with E-state index in [0.717, 1.165) is 5.56 Å². The van der Waals surface area contributed by atoms with Crippen LogP contribution in [0.1, 0.15) is 36.4 Å². The molecule has 2 aromatic rings. The van der Waals surface area contributed by atoms with Gasteiger partial charge in [0.15, 0.2) is 0 Å². The van der Waals surface area contributed by atoms with E-state index in [4.69, 9.17) is 10.2 Å². The third kappa shape index (κ3) is 3.65. The van der Waals surface area contributed by atoms with Gasteiger partial charge >= 0.3 is 0 Å². The zero-order valence-electron chi connectivity index (χ0n) is 15.4. The summed E-state index contributed by atoms with van der Waals surface area (Å²) >= 11 is 0. The smallest absolute Gasteiger partial charge is 0.258 e. The van der Waals surface area contributed by atoms with Crippen molar-refractivity contribution < 1.29 is 14.0 Å². The summed E-state index contributed by atoms with van der Waals surface area (Å²) in [7, 11) is 0. The Bertz CT molecular complexity index is 798. The van der Waals surface area contributed by atoms with E-state index >= 15 is 0 Å². The second-order valence-corrected chi connectivity index (χ2v) is 7.10. The summed E-state index contributed by atoms with van der Waals surface area (Å²) in [6, 6.07) is 10.5. The lowest BCUT2D eigenvalue weighted by Gasteiger charge is -2.24. The van der Waals surface area contributed by atoms with Gasteiger partial charge in [-0.15, -0.1) is 0 Å². The molecule has 0 spiro atoms. The lowest BCUT2D eigenvalue weighted by atomic mass is 10.1. The minimum absolute atomic E-state index is 0.00678. The first-order chi connectivity index (χ1) is 12.4. The highest BCUT2D eigenvalue weighted by Crippen LogP contribution is 2.30. The first-order valence-corrected chi connectivity index (χ1v) is 8.89. The number of nitrogens with one attached hydrogen (secondary N) is 1. The second kappa shape index (κ2) is 7.33. The van der Waals surface area contributed by atoms with Gasteiger partial charge in [-0.1, -0.05) is 30.3 Å². The van der Waals surface area contributed by atoms with Gasteiger partial charge in [0.25, 0.3) is 5.91 Å². The van der Waals surface area contributed by atoms with E-state index in [-0.39, 0.29) is 23.9 Å². The third-order valence-electron chi connectivity index (χ3n) is 4.45. The molecule has 6 heteroatoms. The van der Waals surface area contributed by atoms with Gasteiger partial charge in [0.05, 0.1) is 5.56 Å². The number of hydrogen-bond donors (Lipinski definition) is 2. The van der Waals surface area contributed by atoms with Crippen molar-refractivity contribution >= 4 is 11.8 Å². The van der Waals surface area contributed by atoms with E-state index in [2.05, 4.69) is 5.32 Å². The van der Waals surface area contributed by atoms with Crippen LogP contribution in [0, 0.1) is 6.92 Å². The Morgan fingerprint density at radius 2 is 1.96 bits per heavy atom. The van der Waals surface area contributed by atoms with Crippen molar-refractivity contribution in [3.8, 4) is 11.3 Å². The molecule has 26 heavy (non-hydrogen) atoms. The van der Waals surface area contributed by atoms with E-state index < -0.39 is 6.04 Å². The van der Waals surface area contributed by atoms with E-state index in [9.17, 15) is 9.59 Å². The van der Waals surface area contributed by atoms with Crippen LogP contribution >= 0.6 is 0 Å². The summed E-state index contributed by atoms with van der Waals surface area (Å²) < 4.78 is 5.79. The largest absolute Gasteiger partial charge is 0.461 e. The predicted octanol–water partition coefficient (Wildman–Crippen LogP) is 2.32. The Labute approximate surface area is 153 Å². The molecular weight excluding hydrogens is 330 g/mol. The Balaban J connectivity index is 1.92. The standard InChI is InChI=1S/C20H25N3O3/c1-12(2)22-19(24)17-10-15(21)11-23(17)20(25)16-9-13(3)26-18(16)14-7-5-4-6-8-14/h4-9,12,15,17H,10-11,21H2,1-3H3,(H,22,24)/t15-,17+/m1/s1. The molecule has 1 saturated heterocycles. The van der Waals surface area contributed by atoms with Gasteiger partial charge in [-0.05, 0) is 33.3 Å². The van der Waals surface area contributed by atoms with Crippen LogP contribution in [-0.2, 0) is 4.79 Å². The Morgan fingerprint density at radius 1 is 1.27 bits per heavy atom. The number of carbonyl (C=O) groups excluding carboxylic acids is 2. The van der Waals surface area contributed by atoms with E-state index in [1.54, 1.807) is 11.0 Å². The first-order valence-electron chi connectivity index (χ1n) is 8.89. The van der Waals surface area contributed by atoms with Crippen LogP contribution in [0.25, 0.3) is 11.3 Å². The molecule has 0 radical (unpaired) electrons. The Hall–Kier alpha value is -2.60. The molecule has 0 saturated carbocycles. The summed E-state index contributed by atoms with van der Waals surface area (Å²) in [5, 5.41) is 2.88. The van der Waals surface area contributed by atoms with Crippen molar-refractivity contribution in [1.82, 2.24) is 10.2 Å². The van der Waals surface area contributed by atoms with Crippen LogP contribution in [0.15, 0.2) is 40.8 Å². The first kappa shape index (κ1) is 18.2. The number of likely N-dealkylation sites (tertiary alicyclic amines) is 1. The molecule has 2 atom stereocenters. The molecule has 0 unspecified atom stereocenters. The fourth-order valence-corrected chi connectivity index (χ4v) is 3.35. The fourth-order valence-electron chi connectivity index (χ4n) is 3.35. The number of aryl methyl sites for hydroxylation is 1. The van der Waals surface area contributed by atoms with Crippen LogP contribution in [0.3, 0.4) is 0 Å². The van der Waals surface area contributed by atoms with Gasteiger partial charge in [-0.2, -0.15) is 0 Å². The van der Waals surface area contributed by atoms with Crippen molar-refractivity contribution in [3.63, 3.8) is 0 Å². The molecule has 3 N–H and O–H groups in total. The summed E-state index contributed by atoms with van der Waals surface area (Å²) in [5.41, 5.74) is 7.35. The van der Waals surface area contributed by atoms with Gasteiger partial charge in [0.2, 0.25) is 5.91 Å². The summed E-state index contributed by atoms with van der Waals surface area (Å²) in [4.78, 5) is 27.3. The molecule has 1 aliphatic heterocycles. The zero-order valence-corrected chi connectivity index (χ0v) is 15.4. The van der Waals surface area contributed by atoms with Crippen LogP contribution in [-0.4, -0.2) is 41.4 Å². The number of rotatable bonds is 4. The zero-order chi connectivity index (χ0) is 18.8. The molecule has 2 amide bonds. The molecule has 1 aliphatic rings. The maximum atomic E-state index is 13.2. The van der Waals surface area contributed by atoms with E-state index in [0.29, 0.717) is 30.0 Å². The van der Waals surface area contributed by atoms with Gasteiger partial charge in [0.1, 0.15) is 17.6 Å². The molecule has 6 nitrogen and oxygen atoms in total. The summed E-state index contributed by atoms with van der Waals surface area (Å²) in [6.45, 7) is 5.95. The number of amides is 2. The minimum Gasteiger partial charge on any atom is -0.461 e. The normalized spacial score (nSPS) is 19.8. The topological polar surface area (TPSA) is 88.6 Å². The van der Waals surface area contributed by atoms with Crippen LogP contribution < -0.4 is 11.1 Å². The number of benzene rings is 1. The van der Waals surface area contributed by atoms with Crippen molar-refractivity contribution in [2.75, 3.05) is 6.54 Å². The highest BCUT2D eigenvalue weighted by molar-refractivity contribution is 6.02. The molecule has 1 aromatic carbocycles. The van der Waals surface area contributed by atoms with Crippen molar-refractivity contribution in [2.24, 2.45) is 5.73 Å². The fraction of sp³-hybridized carbons (Fsp3) is 0.400. The van der Waals surface area contributed by atoms with Gasteiger partial charge in [0, 0.05) is 24.2 Å². The highest BCUT2D eigenvalue weighted by atomic mass is 16.3. The Morgan fingerprint density at radius 3 is 2.62 bits per heavy atom. The highest BCUT2D eigenvalue weighted by Gasteiger charge is 2.39. The van der Waals surface area contributed by atoms with Crippen LogP contribution in [0.5, 0.6) is 0 Å². The van der Waals surface area contributed by atoms with Crippen molar-refractivity contribution in [3.05, 3.63) is 47.7 Å². The van der Waals surface area contributed by atoms with Crippen LogP contribution in [0.4, 0.5) is 0 Å². The molecule has 2 heterocycles. The van der Waals surface area contributed by atoms with Crippen LogP contribution in [0.2, 0.25) is 0 Å². The van der Waals surface area contributed by atoms with E-state index in [1.807, 2.05) is 51.1 Å². The quantitative estimate of drug-likeness (QED) is 0.881. The molecule has 0 aliphatic carbocycles. The van der Waals surface area contributed by atoms with Gasteiger partial charge < -0.3 is 20.4 Å². The molecule has 1 fully saturated rings. The number of furan rings is 1. The van der Waals surface area contributed by atoms with Gasteiger partial charge in [-0.25, -0.2) is 0 Å².